The second-order valence-corrected chi connectivity index (χ2v) is 29.2. The van der Waals surface area contributed by atoms with E-state index in [1.807, 2.05) is 98.8 Å². The number of benzene rings is 8. The molecule has 4 nitrogen and oxygen atoms in total. The van der Waals surface area contributed by atoms with E-state index in [1.165, 1.54) is 197 Å². The predicted molar refractivity (Wildman–Crippen MR) is 439 cm³/mol. The van der Waals surface area contributed by atoms with Crippen LogP contribution in [-0.4, -0.2) is 11.9 Å². The van der Waals surface area contributed by atoms with Gasteiger partial charge in [-0.25, -0.2) is 9.59 Å². The highest BCUT2D eigenvalue weighted by Crippen LogP contribution is 2.45. The SMILES string of the molecule is C.C.C.C.C.C.C.C.CC.CC1CCC(Cc2ccc(C(=O)O[C@H](c3ccccc3)[C@H](OC(=O)c3ccc(CC4CCC(C)CC4)cc3)c3ccccc3)cc2)CC1.CCCC1CCC(CC2CCC(CC3CCc4cc(c5ccccc5c4)-c4c(ccc5ccccc45)CC3)CC2)CC1. The van der Waals surface area contributed by atoms with Crippen LogP contribution in [0.25, 0.3) is 32.7 Å². The van der Waals surface area contributed by atoms with Crippen LogP contribution in [0.4, 0.5) is 0 Å². The van der Waals surface area contributed by atoms with Gasteiger partial charge in [0.2, 0.25) is 0 Å². The van der Waals surface area contributed by atoms with Crippen LogP contribution < -0.4 is 0 Å². The molecule has 5 aliphatic rings. The Hall–Kier alpha value is -6.78. The third-order valence-electron chi connectivity index (χ3n) is 22.5. The number of rotatable bonds is 17. The molecule has 4 heteroatoms. The van der Waals surface area contributed by atoms with Crippen LogP contribution in [0.1, 0.15) is 302 Å². The van der Waals surface area contributed by atoms with E-state index in [-0.39, 0.29) is 59.4 Å². The Kier molecular flexibility index (Phi) is 38.4. The Bertz CT molecular complexity index is 3410. The van der Waals surface area contributed by atoms with Gasteiger partial charge in [0.05, 0.1) is 11.1 Å². The van der Waals surface area contributed by atoms with Gasteiger partial charge in [-0.3, -0.25) is 0 Å². The molecule has 8 aromatic rings. The Morgan fingerprint density at radius 3 is 1.21 bits per heavy atom. The van der Waals surface area contributed by atoms with E-state index in [9.17, 15) is 9.59 Å². The molecule has 0 heterocycles. The molecule has 0 amide bonds. The molecular formula is C96H140O4. The van der Waals surface area contributed by atoms with E-state index < -0.39 is 24.1 Å². The summed E-state index contributed by atoms with van der Waals surface area (Å²) in [5, 5.41) is 5.59. The molecule has 0 aromatic heterocycles. The Balaban J connectivity index is 0.000000474. The fraction of sp³-hybridized carbons (Fsp3) is 0.521. The fourth-order valence-corrected chi connectivity index (χ4v) is 17.0. The zero-order valence-corrected chi connectivity index (χ0v) is 56.7. The lowest BCUT2D eigenvalue weighted by atomic mass is 9.71. The molecule has 0 saturated heterocycles. The lowest BCUT2D eigenvalue weighted by molar-refractivity contribution is -0.0388. The monoisotopic (exact) mass is 1360 g/mol. The largest absolute Gasteiger partial charge is 0.450 e. The summed E-state index contributed by atoms with van der Waals surface area (Å²) in [6, 6.07) is 62.8. The van der Waals surface area contributed by atoms with E-state index in [2.05, 4.69) is 118 Å². The number of ether oxygens (including phenoxy) is 2. The number of hydrogen-bond acceptors (Lipinski definition) is 4. The standard InChI is InChI=1S/C44H50O4.C42H52.C2H6.8CH4/c1-31-13-17-33(18-14-31)29-35-21-25-39(26-22-35)43(45)47-41(37-9-5-3-6-10-37)42(38-11-7-4-8-12-38)48-44(46)40-27-23-36(24-28-40)30-34-19-15-32(2)16-20-34;1-2-7-30-12-14-31(15-13-30)26-32-16-18-33(19-17-32)27-34-20-21-35-28-38-9-4-5-10-39(38)41(29-35)42-37(23-22-34)25-24-36-8-3-6-11-40(36)42;1-2;;;;;;;;/h3-12,21-28,31-34,41-42H,13-20,29-30H2,1-2H3;3-6,8-11,24-25,28-34H,2,7,12-23,26-27H2,1H3;1-2H3;8*1H4/t31?,32?,33?,34?,41-,42-;;;;;;;;;;/m1........../s1. The average Bonchev–Trinajstić information content (AvgIpc) is 0.759. The molecule has 3 atom stereocenters. The second kappa shape index (κ2) is 43.9. The summed E-state index contributed by atoms with van der Waals surface area (Å²) in [7, 11) is 0. The molecule has 0 aliphatic heterocycles. The van der Waals surface area contributed by atoms with Gasteiger partial charge in [0.25, 0.3) is 0 Å². The van der Waals surface area contributed by atoms with E-state index in [0.717, 1.165) is 65.4 Å². The zero-order chi connectivity index (χ0) is 63.6. The quantitative estimate of drug-likeness (QED) is 0.0853. The van der Waals surface area contributed by atoms with Gasteiger partial charge in [-0.15, -0.1) is 0 Å². The molecule has 13 rings (SSSR count). The first kappa shape index (κ1) is 87.4. The number of carbonyl (C=O) groups excluding carboxylic acids is 2. The smallest absolute Gasteiger partial charge is 0.338 e. The minimum Gasteiger partial charge on any atom is -0.450 e. The van der Waals surface area contributed by atoms with Gasteiger partial charge >= 0.3 is 11.9 Å². The van der Waals surface area contributed by atoms with Gasteiger partial charge in [-0.05, 0) is 221 Å². The van der Waals surface area contributed by atoms with Crippen molar-refractivity contribution in [3.8, 4) is 11.1 Å². The topological polar surface area (TPSA) is 52.6 Å². The van der Waals surface area contributed by atoms with Gasteiger partial charge in [-0.1, -0.05) is 342 Å². The normalized spacial score (nSPS) is 21.9. The van der Waals surface area contributed by atoms with Crippen molar-refractivity contribution in [2.45, 2.75) is 273 Å². The van der Waals surface area contributed by atoms with Crippen molar-refractivity contribution in [3.05, 3.63) is 226 Å². The molecule has 0 N–H and O–H groups in total. The summed E-state index contributed by atoms with van der Waals surface area (Å²) in [5.41, 5.74) is 11.0. The van der Waals surface area contributed by atoms with Gasteiger partial charge in [-0.2, -0.15) is 0 Å². The van der Waals surface area contributed by atoms with E-state index in [4.69, 9.17) is 9.47 Å². The molecule has 4 fully saturated rings. The van der Waals surface area contributed by atoms with Crippen LogP contribution in [0.3, 0.4) is 0 Å². The maximum atomic E-state index is 13.7. The maximum Gasteiger partial charge on any atom is 0.338 e. The minimum absolute atomic E-state index is 0. The predicted octanol–water partition coefficient (Wildman–Crippen LogP) is 29.4. The molecule has 100 heavy (non-hydrogen) atoms. The van der Waals surface area contributed by atoms with Crippen molar-refractivity contribution in [3.63, 3.8) is 0 Å². The van der Waals surface area contributed by atoms with Crippen LogP contribution in [-0.2, 0) is 35.2 Å². The molecule has 0 radical (unpaired) electrons. The number of fused-ring (bicyclic) bond motifs is 8. The van der Waals surface area contributed by atoms with Crippen LogP contribution in [0.5, 0.6) is 0 Å². The summed E-state index contributed by atoms with van der Waals surface area (Å²) in [6.07, 6.45) is 33.8. The third kappa shape index (κ3) is 23.6. The molecule has 8 aromatic carbocycles. The molecule has 5 aliphatic carbocycles. The lowest BCUT2D eigenvalue weighted by Gasteiger charge is -2.35. The Morgan fingerprint density at radius 1 is 0.380 bits per heavy atom. The highest BCUT2D eigenvalue weighted by atomic mass is 16.6. The number of carbonyl (C=O) groups is 2. The Labute approximate surface area is 613 Å². The summed E-state index contributed by atoms with van der Waals surface area (Å²) in [5.74, 6) is 7.10. The van der Waals surface area contributed by atoms with Crippen LogP contribution in [0.2, 0.25) is 0 Å². The van der Waals surface area contributed by atoms with Crippen molar-refractivity contribution in [2.24, 2.45) is 53.3 Å². The molecule has 2 bridgehead atoms. The molecule has 1 unspecified atom stereocenters. The van der Waals surface area contributed by atoms with Crippen LogP contribution in [0, 0.1) is 53.3 Å². The number of aryl methyl sites for hydroxylation is 2. The van der Waals surface area contributed by atoms with Gasteiger partial charge < -0.3 is 9.47 Å². The average molecular weight is 1360 g/mol. The summed E-state index contributed by atoms with van der Waals surface area (Å²) in [6.45, 7) is 11.1. The third-order valence-corrected chi connectivity index (χ3v) is 22.5. The first-order valence-corrected chi connectivity index (χ1v) is 36.9. The summed E-state index contributed by atoms with van der Waals surface area (Å²) >= 11 is 0. The van der Waals surface area contributed by atoms with Crippen molar-refractivity contribution in [2.75, 3.05) is 0 Å². The molecule has 4 saturated carbocycles. The first-order valence-electron chi connectivity index (χ1n) is 36.9. The molecule has 0 spiro atoms. The summed E-state index contributed by atoms with van der Waals surface area (Å²) < 4.78 is 12.5. The molecular weight excluding hydrogens is 1220 g/mol. The molecule has 548 valence electrons. The fourth-order valence-electron chi connectivity index (χ4n) is 17.0. The lowest BCUT2D eigenvalue weighted by Crippen LogP contribution is -2.23. The van der Waals surface area contributed by atoms with Crippen LogP contribution in [0.15, 0.2) is 182 Å². The van der Waals surface area contributed by atoms with E-state index in [1.54, 1.807) is 12.0 Å². The zero-order valence-electron chi connectivity index (χ0n) is 56.7. The van der Waals surface area contributed by atoms with E-state index >= 15 is 0 Å². The number of hydrogen-bond donors (Lipinski definition) is 0. The highest BCUT2D eigenvalue weighted by Gasteiger charge is 2.34. The maximum absolute atomic E-state index is 13.7. The number of esters is 2. The van der Waals surface area contributed by atoms with Crippen molar-refractivity contribution < 1.29 is 19.1 Å². The summed E-state index contributed by atoms with van der Waals surface area (Å²) in [4.78, 5) is 27.4. The van der Waals surface area contributed by atoms with Crippen molar-refractivity contribution in [1.29, 1.82) is 0 Å². The van der Waals surface area contributed by atoms with E-state index in [0.29, 0.717) is 23.0 Å². The van der Waals surface area contributed by atoms with Crippen LogP contribution >= 0.6 is 0 Å². The second-order valence-electron chi connectivity index (χ2n) is 29.2. The van der Waals surface area contributed by atoms with Gasteiger partial charge in [0.1, 0.15) is 0 Å². The van der Waals surface area contributed by atoms with Crippen molar-refractivity contribution >= 4 is 33.5 Å². The van der Waals surface area contributed by atoms with Gasteiger partial charge in [0, 0.05) is 0 Å². The highest BCUT2D eigenvalue weighted by molar-refractivity contribution is 6.07. The van der Waals surface area contributed by atoms with Gasteiger partial charge in [0.15, 0.2) is 12.2 Å². The minimum atomic E-state index is -0.845. The Morgan fingerprint density at radius 2 is 0.760 bits per heavy atom. The first-order chi connectivity index (χ1) is 45.1. The van der Waals surface area contributed by atoms with Crippen molar-refractivity contribution in [1.82, 2.24) is 0 Å².